The third-order valence-corrected chi connectivity index (χ3v) is 5.45. The van der Waals surface area contributed by atoms with E-state index in [0.717, 1.165) is 29.8 Å². The summed E-state index contributed by atoms with van der Waals surface area (Å²) in [5.74, 6) is 2.82. The van der Waals surface area contributed by atoms with Gasteiger partial charge in [-0.15, -0.1) is 0 Å². The van der Waals surface area contributed by atoms with Crippen LogP contribution < -0.4 is 5.32 Å². The fraction of sp³-hybridized carbons (Fsp3) is 1.00. The normalized spacial score (nSPS) is 37.9. The van der Waals surface area contributed by atoms with Crippen molar-refractivity contribution in [1.29, 1.82) is 0 Å². The molecular formula is C16H31N. The summed E-state index contributed by atoms with van der Waals surface area (Å²) in [7, 11) is 0. The van der Waals surface area contributed by atoms with Gasteiger partial charge in [0.15, 0.2) is 0 Å². The average molecular weight is 237 g/mol. The second-order valence-corrected chi connectivity index (χ2v) is 6.82. The van der Waals surface area contributed by atoms with Gasteiger partial charge in [0.1, 0.15) is 0 Å². The van der Waals surface area contributed by atoms with Crippen molar-refractivity contribution in [3.05, 3.63) is 0 Å². The second kappa shape index (κ2) is 6.22. The van der Waals surface area contributed by atoms with Crippen LogP contribution in [0.1, 0.15) is 72.1 Å². The van der Waals surface area contributed by atoms with Gasteiger partial charge in [-0.3, -0.25) is 0 Å². The lowest BCUT2D eigenvalue weighted by Gasteiger charge is -2.37. The highest BCUT2D eigenvalue weighted by atomic mass is 15.0. The van der Waals surface area contributed by atoms with E-state index in [1.807, 2.05) is 0 Å². The Balaban J connectivity index is 1.76. The van der Waals surface area contributed by atoms with E-state index in [0.29, 0.717) is 0 Å². The Hall–Kier alpha value is -0.0400. The van der Waals surface area contributed by atoms with Crippen LogP contribution in [-0.2, 0) is 0 Å². The molecule has 3 unspecified atom stereocenters. The number of rotatable bonds is 3. The fourth-order valence-corrected chi connectivity index (χ4v) is 3.84. The molecule has 0 bridgehead atoms. The molecule has 0 aliphatic heterocycles. The van der Waals surface area contributed by atoms with Gasteiger partial charge < -0.3 is 5.32 Å². The third kappa shape index (κ3) is 3.71. The van der Waals surface area contributed by atoms with Crippen LogP contribution in [0.15, 0.2) is 0 Å². The number of hydrogen-bond donors (Lipinski definition) is 1. The Morgan fingerprint density at radius 1 is 0.882 bits per heavy atom. The van der Waals surface area contributed by atoms with Gasteiger partial charge in [-0.25, -0.2) is 0 Å². The lowest BCUT2D eigenvalue weighted by atomic mass is 9.78. The van der Waals surface area contributed by atoms with Crippen LogP contribution in [0.4, 0.5) is 0 Å². The lowest BCUT2D eigenvalue weighted by Crippen LogP contribution is -2.44. The zero-order valence-electron chi connectivity index (χ0n) is 12.0. The van der Waals surface area contributed by atoms with Crippen molar-refractivity contribution in [1.82, 2.24) is 5.32 Å². The van der Waals surface area contributed by atoms with Crippen molar-refractivity contribution in [2.75, 3.05) is 0 Å². The van der Waals surface area contributed by atoms with E-state index in [9.17, 15) is 0 Å². The zero-order valence-corrected chi connectivity index (χ0v) is 12.0. The fourth-order valence-electron chi connectivity index (χ4n) is 3.84. The van der Waals surface area contributed by atoms with Crippen molar-refractivity contribution in [2.24, 2.45) is 17.8 Å². The van der Waals surface area contributed by atoms with Gasteiger partial charge in [0.25, 0.3) is 0 Å². The molecule has 2 saturated carbocycles. The summed E-state index contributed by atoms with van der Waals surface area (Å²) < 4.78 is 0. The van der Waals surface area contributed by atoms with Crippen LogP contribution in [0.5, 0.6) is 0 Å². The van der Waals surface area contributed by atoms with Gasteiger partial charge in [-0.1, -0.05) is 33.1 Å². The molecule has 2 fully saturated rings. The maximum atomic E-state index is 3.94. The van der Waals surface area contributed by atoms with E-state index in [1.165, 1.54) is 51.4 Å². The first kappa shape index (κ1) is 13.4. The van der Waals surface area contributed by atoms with Crippen molar-refractivity contribution in [2.45, 2.75) is 84.2 Å². The average Bonchev–Trinajstić information content (AvgIpc) is 2.35. The maximum Gasteiger partial charge on any atom is 0.00723 e. The molecular weight excluding hydrogens is 206 g/mol. The van der Waals surface area contributed by atoms with Crippen molar-refractivity contribution in [3.8, 4) is 0 Å². The molecule has 2 aliphatic rings. The molecule has 0 radical (unpaired) electrons. The van der Waals surface area contributed by atoms with Gasteiger partial charge in [0, 0.05) is 12.1 Å². The highest BCUT2D eigenvalue weighted by molar-refractivity contribution is 4.84. The summed E-state index contributed by atoms with van der Waals surface area (Å²) >= 11 is 0. The molecule has 4 atom stereocenters. The van der Waals surface area contributed by atoms with E-state index >= 15 is 0 Å². The summed E-state index contributed by atoms with van der Waals surface area (Å²) in [6.45, 7) is 7.29. The molecule has 2 aliphatic carbocycles. The highest BCUT2D eigenvalue weighted by Gasteiger charge is 2.27. The van der Waals surface area contributed by atoms with Crippen LogP contribution >= 0.6 is 0 Å². The highest BCUT2D eigenvalue weighted by Crippen LogP contribution is 2.31. The minimum Gasteiger partial charge on any atom is -0.311 e. The Bertz CT molecular complexity index is 220. The van der Waals surface area contributed by atoms with Crippen molar-refractivity contribution < 1.29 is 0 Å². The van der Waals surface area contributed by atoms with Crippen LogP contribution in [0.2, 0.25) is 0 Å². The van der Waals surface area contributed by atoms with Gasteiger partial charge in [-0.05, 0) is 56.8 Å². The predicted molar refractivity (Wildman–Crippen MR) is 75.1 cm³/mol. The van der Waals surface area contributed by atoms with Crippen LogP contribution in [0.3, 0.4) is 0 Å². The first-order valence-electron chi connectivity index (χ1n) is 7.93. The zero-order chi connectivity index (χ0) is 12.3. The first-order valence-corrected chi connectivity index (χ1v) is 7.93. The Kier molecular flexibility index (Phi) is 4.90. The minimum atomic E-state index is 0.751. The summed E-state index contributed by atoms with van der Waals surface area (Å²) in [6, 6.07) is 1.55. The molecule has 100 valence electrons. The number of nitrogens with one attached hydrogen (secondary N) is 1. The molecule has 0 aromatic heterocycles. The van der Waals surface area contributed by atoms with E-state index in [4.69, 9.17) is 0 Å². The molecule has 0 heterocycles. The molecule has 17 heavy (non-hydrogen) atoms. The maximum absolute atomic E-state index is 3.94. The molecule has 0 saturated heterocycles. The second-order valence-electron chi connectivity index (χ2n) is 6.82. The lowest BCUT2D eigenvalue weighted by molar-refractivity contribution is 0.190. The molecule has 1 heteroatoms. The van der Waals surface area contributed by atoms with Gasteiger partial charge in [-0.2, -0.15) is 0 Å². The van der Waals surface area contributed by atoms with Crippen molar-refractivity contribution >= 4 is 0 Å². The first-order chi connectivity index (χ1) is 8.16. The largest absolute Gasteiger partial charge is 0.311 e. The molecule has 1 N–H and O–H groups in total. The Morgan fingerprint density at radius 2 is 1.59 bits per heavy atom. The van der Waals surface area contributed by atoms with E-state index in [1.54, 1.807) is 0 Å². The number of hydrogen-bond acceptors (Lipinski definition) is 1. The van der Waals surface area contributed by atoms with Gasteiger partial charge in [0.05, 0.1) is 0 Å². The molecule has 0 spiro atoms. The smallest absolute Gasteiger partial charge is 0.00723 e. The van der Waals surface area contributed by atoms with Gasteiger partial charge in [0.2, 0.25) is 0 Å². The monoisotopic (exact) mass is 237 g/mol. The molecule has 2 rings (SSSR count). The molecule has 0 amide bonds. The topological polar surface area (TPSA) is 12.0 Å². The van der Waals surface area contributed by atoms with E-state index in [-0.39, 0.29) is 0 Å². The summed E-state index contributed by atoms with van der Waals surface area (Å²) in [5, 5.41) is 3.94. The van der Waals surface area contributed by atoms with Crippen LogP contribution in [0.25, 0.3) is 0 Å². The summed E-state index contributed by atoms with van der Waals surface area (Å²) in [4.78, 5) is 0. The van der Waals surface area contributed by atoms with E-state index in [2.05, 4.69) is 26.1 Å². The quantitative estimate of drug-likeness (QED) is 0.768. The minimum absolute atomic E-state index is 0.751. The molecule has 0 aromatic carbocycles. The summed E-state index contributed by atoms with van der Waals surface area (Å²) in [6.07, 6.45) is 11.6. The van der Waals surface area contributed by atoms with Crippen LogP contribution in [-0.4, -0.2) is 12.1 Å². The Labute approximate surface area is 108 Å². The standard InChI is InChI=1S/C16H31N/c1-12-9-10-16(11-13(12)2)17-14(3)15-7-5-4-6-8-15/h12-17H,4-11H2,1-3H3/t12?,13?,14-,16?/m0/s1. The predicted octanol–water partition coefficient (Wildman–Crippen LogP) is 4.37. The van der Waals surface area contributed by atoms with Crippen molar-refractivity contribution in [3.63, 3.8) is 0 Å². The summed E-state index contributed by atoms with van der Waals surface area (Å²) in [5.41, 5.74) is 0. The molecule has 0 aromatic rings. The van der Waals surface area contributed by atoms with Gasteiger partial charge >= 0.3 is 0 Å². The molecule has 1 nitrogen and oxygen atoms in total. The Morgan fingerprint density at radius 3 is 2.24 bits per heavy atom. The SMILES string of the molecule is CC1CCC(N[C@@H](C)C2CCCCC2)CC1C. The van der Waals surface area contributed by atoms with E-state index < -0.39 is 0 Å². The third-order valence-electron chi connectivity index (χ3n) is 5.45. The van der Waals surface area contributed by atoms with Crippen LogP contribution in [0, 0.1) is 17.8 Å².